The lowest BCUT2D eigenvalue weighted by molar-refractivity contribution is -0.386. The first-order chi connectivity index (χ1) is 12.5. The Bertz CT molecular complexity index is 944. The second kappa shape index (κ2) is 7.69. The number of carbonyl (C=O) groups is 2. The molecule has 8 nitrogen and oxygen atoms in total. The minimum Gasteiger partial charge on any atom is -0.456 e. The maximum atomic E-state index is 12.5. The molecule has 8 heteroatoms. The van der Waals surface area contributed by atoms with Gasteiger partial charge >= 0.3 is 11.7 Å². The van der Waals surface area contributed by atoms with Crippen molar-refractivity contribution in [2.75, 3.05) is 6.61 Å². The molecule has 0 unspecified atom stereocenters. The van der Waals surface area contributed by atoms with Crippen molar-refractivity contribution in [1.82, 2.24) is 9.78 Å². The molecule has 0 atom stereocenters. The number of hydrogen-bond acceptors (Lipinski definition) is 6. The standard InChI is InChI=1S/C19H23N3O5/c1-10-7-16(13(4)12(3)11(10)2)17(23)9-27-18(24)8-21-15(6)19(22(25)26)14(5)20-21/h7H,8-9H2,1-6H3. The van der Waals surface area contributed by atoms with Gasteiger partial charge in [-0.2, -0.15) is 5.10 Å². The molecular formula is C19H23N3O5. The summed E-state index contributed by atoms with van der Waals surface area (Å²) in [7, 11) is 0. The third-order valence-electron chi connectivity index (χ3n) is 4.95. The molecule has 2 aromatic rings. The molecule has 0 saturated carbocycles. The minimum atomic E-state index is -0.679. The Balaban J connectivity index is 2.08. The van der Waals surface area contributed by atoms with Crippen molar-refractivity contribution in [2.45, 2.75) is 48.1 Å². The van der Waals surface area contributed by atoms with Crippen LogP contribution in [0, 0.1) is 51.7 Å². The molecule has 0 saturated heterocycles. The molecule has 0 aliphatic heterocycles. The van der Waals surface area contributed by atoms with Crippen LogP contribution in [0.2, 0.25) is 0 Å². The summed E-state index contributed by atoms with van der Waals surface area (Å²) in [5.74, 6) is -0.964. The highest BCUT2D eigenvalue weighted by molar-refractivity contribution is 5.99. The number of Topliss-reactive ketones (excluding diaryl/α,β-unsaturated/α-hetero) is 1. The van der Waals surface area contributed by atoms with Gasteiger partial charge in [0.05, 0.1) is 4.92 Å². The van der Waals surface area contributed by atoms with Gasteiger partial charge in [-0.05, 0) is 69.9 Å². The van der Waals surface area contributed by atoms with Crippen molar-refractivity contribution in [3.63, 3.8) is 0 Å². The summed E-state index contributed by atoms with van der Waals surface area (Å²) in [4.78, 5) is 35.0. The quantitative estimate of drug-likeness (QED) is 0.333. The minimum absolute atomic E-state index is 0.125. The topological polar surface area (TPSA) is 104 Å². The van der Waals surface area contributed by atoms with Crippen LogP contribution in [-0.4, -0.2) is 33.1 Å². The summed E-state index contributed by atoms with van der Waals surface area (Å²) < 4.78 is 6.29. The molecule has 0 aliphatic rings. The van der Waals surface area contributed by atoms with E-state index in [0.717, 1.165) is 22.3 Å². The van der Waals surface area contributed by atoms with Crippen molar-refractivity contribution in [3.8, 4) is 0 Å². The van der Waals surface area contributed by atoms with Gasteiger partial charge in [0.15, 0.2) is 6.61 Å². The van der Waals surface area contributed by atoms with Crippen LogP contribution in [0.3, 0.4) is 0 Å². The maximum absolute atomic E-state index is 12.5. The predicted molar refractivity (Wildman–Crippen MR) is 99.0 cm³/mol. The van der Waals surface area contributed by atoms with Crippen LogP contribution in [0.5, 0.6) is 0 Å². The average molecular weight is 373 g/mol. The van der Waals surface area contributed by atoms with Crippen LogP contribution < -0.4 is 0 Å². The van der Waals surface area contributed by atoms with Crippen LogP contribution in [0.25, 0.3) is 0 Å². The molecule has 27 heavy (non-hydrogen) atoms. The number of carbonyl (C=O) groups excluding carboxylic acids is 2. The number of nitro groups is 1. The molecule has 1 aromatic carbocycles. The number of ether oxygens (including phenoxy) is 1. The number of ketones is 1. The molecule has 0 N–H and O–H groups in total. The van der Waals surface area contributed by atoms with Crippen molar-refractivity contribution in [3.05, 3.63) is 55.4 Å². The highest BCUT2D eigenvalue weighted by Crippen LogP contribution is 2.23. The Hall–Kier alpha value is -3.03. The highest BCUT2D eigenvalue weighted by Gasteiger charge is 2.23. The van der Waals surface area contributed by atoms with Gasteiger partial charge in [-0.15, -0.1) is 0 Å². The van der Waals surface area contributed by atoms with Gasteiger partial charge in [0.25, 0.3) is 0 Å². The van der Waals surface area contributed by atoms with E-state index >= 15 is 0 Å². The Morgan fingerprint density at radius 3 is 2.30 bits per heavy atom. The van der Waals surface area contributed by atoms with Gasteiger partial charge in [-0.1, -0.05) is 0 Å². The number of nitrogens with zero attached hydrogens (tertiary/aromatic N) is 3. The predicted octanol–water partition coefficient (Wildman–Crippen LogP) is 3.07. The normalized spacial score (nSPS) is 10.7. The zero-order valence-electron chi connectivity index (χ0n) is 16.4. The zero-order valence-corrected chi connectivity index (χ0v) is 16.4. The molecular weight excluding hydrogens is 350 g/mol. The first-order valence-electron chi connectivity index (χ1n) is 8.49. The van der Waals surface area contributed by atoms with Crippen LogP contribution in [0.4, 0.5) is 5.69 Å². The SMILES string of the molecule is Cc1cc(C(=O)COC(=O)Cn2nc(C)c([N+](=O)[O-])c2C)c(C)c(C)c1C. The maximum Gasteiger partial charge on any atom is 0.328 e. The fourth-order valence-corrected chi connectivity index (χ4v) is 3.00. The molecule has 1 heterocycles. The second-order valence-corrected chi connectivity index (χ2v) is 6.63. The fraction of sp³-hybridized carbons (Fsp3) is 0.421. The second-order valence-electron chi connectivity index (χ2n) is 6.63. The number of benzene rings is 1. The largest absolute Gasteiger partial charge is 0.456 e. The number of rotatable bonds is 6. The lowest BCUT2D eigenvalue weighted by atomic mass is 9.93. The van der Waals surface area contributed by atoms with Gasteiger partial charge in [0.1, 0.15) is 17.9 Å². The van der Waals surface area contributed by atoms with E-state index < -0.39 is 10.9 Å². The number of aromatic nitrogens is 2. The molecule has 0 radical (unpaired) electrons. The van der Waals surface area contributed by atoms with Gasteiger partial charge in [0.2, 0.25) is 5.78 Å². The third-order valence-corrected chi connectivity index (χ3v) is 4.95. The third kappa shape index (κ3) is 4.05. The van der Waals surface area contributed by atoms with Crippen LogP contribution in [-0.2, 0) is 16.1 Å². The average Bonchev–Trinajstić information content (AvgIpc) is 2.87. The van der Waals surface area contributed by atoms with E-state index in [2.05, 4.69) is 5.10 Å². The van der Waals surface area contributed by atoms with Crippen LogP contribution in [0.15, 0.2) is 6.07 Å². The van der Waals surface area contributed by atoms with E-state index in [1.807, 2.05) is 27.7 Å². The molecule has 0 fully saturated rings. The first-order valence-corrected chi connectivity index (χ1v) is 8.49. The summed E-state index contributed by atoms with van der Waals surface area (Å²) in [6, 6.07) is 1.80. The monoisotopic (exact) mass is 373 g/mol. The highest BCUT2D eigenvalue weighted by atomic mass is 16.6. The smallest absolute Gasteiger partial charge is 0.328 e. The van der Waals surface area contributed by atoms with Crippen molar-refractivity contribution in [1.29, 1.82) is 0 Å². The summed E-state index contributed by atoms with van der Waals surface area (Å²) in [6.45, 7) is 10.1. The van der Waals surface area contributed by atoms with Gasteiger partial charge in [-0.3, -0.25) is 24.4 Å². The van der Waals surface area contributed by atoms with Gasteiger partial charge in [-0.25, -0.2) is 0 Å². The summed E-state index contributed by atoms with van der Waals surface area (Å²) in [6.07, 6.45) is 0. The lowest BCUT2D eigenvalue weighted by Crippen LogP contribution is -2.20. The molecule has 0 spiro atoms. The van der Waals surface area contributed by atoms with Gasteiger partial charge < -0.3 is 4.74 Å². The molecule has 0 amide bonds. The van der Waals surface area contributed by atoms with E-state index in [1.165, 1.54) is 18.5 Å². The van der Waals surface area contributed by atoms with Crippen LogP contribution in [0.1, 0.15) is 44.0 Å². The van der Waals surface area contributed by atoms with E-state index in [1.54, 1.807) is 6.07 Å². The van der Waals surface area contributed by atoms with Crippen molar-refractivity contribution < 1.29 is 19.2 Å². The Kier molecular flexibility index (Phi) is 5.78. The summed E-state index contributed by atoms with van der Waals surface area (Å²) >= 11 is 0. The first kappa shape index (κ1) is 20.3. The number of hydrogen-bond donors (Lipinski definition) is 0. The number of aryl methyl sites for hydroxylation is 2. The molecule has 144 valence electrons. The summed E-state index contributed by atoms with van der Waals surface area (Å²) in [5.41, 5.74) is 4.94. The van der Waals surface area contributed by atoms with Crippen molar-refractivity contribution in [2.24, 2.45) is 0 Å². The molecule has 1 aromatic heterocycles. The van der Waals surface area contributed by atoms with Crippen LogP contribution >= 0.6 is 0 Å². The lowest BCUT2D eigenvalue weighted by Gasteiger charge is -2.13. The van der Waals surface area contributed by atoms with E-state index in [9.17, 15) is 19.7 Å². The van der Waals surface area contributed by atoms with Gasteiger partial charge in [0, 0.05) is 5.56 Å². The Labute approximate surface area is 157 Å². The van der Waals surface area contributed by atoms with Crippen molar-refractivity contribution >= 4 is 17.4 Å². The van der Waals surface area contributed by atoms with E-state index in [4.69, 9.17) is 4.74 Å². The van der Waals surface area contributed by atoms with E-state index in [-0.39, 0.29) is 36.0 Å². The molecule has 0 aliphatic carbocycles. The molecule has 0 bridgehead atoms. The molecule has 2 rings (SSSR count). The Morgan fingerprint density at radius 1 is 1.11 bits per heavy atom. The Morgan fingerprint density at radius 2 is 1.74 bits per heavy atom. The van der Waals surface area contributed by atoms with E-state index in [0.29, 0.717) is 5.56 Å². The fourth-order valence-electron chi connectivity index (χ4n) is 3.00. The summed E-state index contributed by atoms with van der Waals surface area (Å²) in [5, 5.41) is 15.0. The number of esters is 1. The zero-order chi connectivity index (χ0) is 20.5.